The molecule has 3 nitrogen and oxygen atoms in total. The first-order valence-corrected chi connectivity index (χ1v) is 11.7. The zero-order chi connectivity index (χ0) is 19.9. The topological polar surface area (TPSA) is 26.9 Å². The maximum absolute atomic E-state index is 15.3. The van der Waals surface area contributed by atoms with E-state index in [4.69, 9.17) is 0 Å². The van der Waals surface area contributed by atoms with Crippen LogP contribution in [0, 0.1) is 0 Å². The number of hydrogen-bond acceptors (Lipinski definition) is 1. The second-order valence-corrected chi connectivity index (χ2v) is 10.2. The number of fused-ring (bicyclic) bond motifs is 8. The van der Waals surface area contributed by atoms with E-state index in [-0.39, 0.29) is 0 Å². The van der Waals surface area contributed by atoms with E-state index in [1.807, 2.05) is 48.5 Å². The van der Waals surface area contributed by atoms with Crippen LogP contribution < -0.4 is 5.30 Å². The minimum atomic E-state index is -3.21. The molecular weight excluding hydrogens is 387 g/mol. The Hall–Kier alpha value is -3.55. The van der Waals surface area contributed by atoms with Crippen molar-refractivity contribution in [2.45, 2.75) is 0 Å². The van der Waals surface area contributed by atoms with Gasteiger partial charge >= 0.3 is 7.44 Å². The third-order valence-corrected chi connectivity index (χ3v) is 9.22. The number of benzene rings is 4. The van der Waals surface area contributed by atoms with Crippen LogP contribution in [0.1, 0.15) is 0 Å². The van der Waals surface area contributed by atoms with Gasteiger partial charge in [-0.15, -0.1) is 0 Å². The molecule has 0 atom stereocenters. The lowest BCUT2D eigenvalue weighted by atomic mass is 10.1. The molecular formula is C26H17N2OP. The fourth-order valence-electron chi connectivity index (χ4n) is 5.00. The molecule has 2 aromatic heterocycles. The number of hydrogen-bond donors (Lipinski definition) is 0. The molecule has 0 radical (unpaired) electrons. The molecule has 30 heavy (non-hydrogen) atoms. The van der Waals surface area contributed by atoms with E-state index in [0.29, 0.717) is 0 Å². The Morgan fingerprint density at radius 2 is 1.03 bits per heavy atom. The lowest BCUT2D eigenvalue weighted by Gasteiger charge is -2.22. The predicted octanol–water partition coefficient (Wildman–Crippen LogP) is 6.64. The van der Waals surface area contributed by atoms with Crippen LogP contribution in [0.4, 0.5) is 0 Å². The maximum Gasteiger partial charge on any atom is 0.302 e. The summed E-state index contributed by atoms with van der Waals surface area (Å²) in [5.41, 5.74) is 4.06. The number of nitrogens with zero attached hydrogens (tertiary/aromatic N) is 2. The van der Waals surface area contributed by atoms with Crippen molar-refractivity contribution in [1.29, 1.82) is 0 Å². The zero-order valence-electron chi connectivity index (χ0n) is 16.1. The molecule has 0 bridgehead atoms. The Morgan fingerprint density at radius 3 is 1.67 bits per heavy atom. The van der Waals surface area contributed by atoms with E-state index in [0.717, 1.165) is 49.3 Å². The lowest BCUT2D eigenvalue weighted by molar-refractivity contribution is 0.574. The molecule has 7 rings (SSSR count). The number of aromatic nitrogens is 2. The van der Waals surface area contributed by atoms with Gasteiger partial charge in [-0.3, -0.25) is 13.2 Å². The minimum absolute atomic E-state index is 0.878. The first-order chi connectivity index (χ1) is 14.8. The standard InChI is InChI=1S/C26H17N2OP/c29-30(26-15-7-11-18-8-1-4-12-21(18)26)27-22-13-5-2-9-19(22)16-24(27)25-17-20-10-3-6-14-23(20)28(25)30/h1-17H. The Morgan fingerprint density at radius 1 is 0.533 bits per heavy atom. The highest BCUT2D eigenvalue weighted by Crippen LogP contribution is 2.62. The Bertz CT molecular complexity index is 1600. The SMILES string of the molecule is O=P1(c2cccc3ccccc23)n2c(cc3ccccc32)-c2cc3ccccc3n21. The predicted molar refractivity (Wildman–Crippen MR) is 125 cm³/mol. The van der Waals surface area contributed by atoms with Gasteiger partial charge in [-0.05, 0) is 41.1 Å². The van der Waals surface area contributed by atoms with Gasteiger partial charge in [0.25, 0.3) is 0 Å². The highest BCUT2D eigenvalue weighted by molar-refractivity contribution is 7.70. The van der Waals surface area contributed by atoms with Crippen LogP contribution in [-0.2, 0) is 4.57 Å². The van der Waals surface area contributed by atoms with Crippen molar-refractivity contribution >= 4 is 45.3 Å². The molecule has 0 N–H and O–H groups in total. The average molecular weight is 404 g/mol. The van der Waals surface area contributed by atoms with Crippen molar-refractivity contribution in [1.82, 2.24) is 8.68 Å². The van der Waals surface area contributed by atoms with Gasteiger partial charge < -0.3 is 0 Å². The van der Waals surface area contributed by atoms with Crippen LogP contribution in [0.15, 0.2) is 103 Å². The van der Waals surface area contributed by atoms with Crippen LogP contribution in [-0.4, -0.2) is 8.68 Å². The molecule has 4 heteroatoms. The second-order valence-electron chi connectivity index (χ2n) is 7.84. The van der Waals surface area contributed by atoms with Crippen LogP contribution in [0.2, 0.25) is 0 Å². The Labute approximate surface area is 173 Å². The first kappa shape index (κ1) is 16.3. The van der Waals surface area contributed by atoms with Crippen LogP contribution in [0.5, 0.6) is 0 Å². The van der Waals surface area contributed by atoms with E-state index in [9.17, 15) is 0 Å². The summed E-state index contributed by atoms with van der Waals surface area (Å²) in [6.07, 6.45) is 0. The smallest absolute Gasteiger partial charge is 0.269 e. The van der Waals surface area contributed by atoms with E-state index in [1.54, 1.807) is 0 Å². The molecule has 142 valence electrons. The van der Waals surface area contributed by atoms with E-state index < -0.39 is 7.44 Å². The molecule has 1 aliphatic rings. The molecule has 0 saturated heterocycles. The molecule has 4 aromatic carbocycles. The molecule has 6 aromatic rings. The third-order valence-electron chi connectivity index (χ3n) is 6.26. The Balaban J connectivity index is 1.73. The molecule has 0 aliphatic carbocycles. The summed E-state index contributed by atoms with van der Waals surface area (Å²) in [5.74, 6) is 0. The lowest BCUT2D eigenvalue weighted by Crippen LogP contribution is -2.15. The van der Waals surface area contributed by atoms with Crippen molar-refractivity contribution < 1.29 is 4.57 Å². The molecule has 0 unspecified atom stereocenters. The zero-order valence-corrected chi connectivity index (χ0v) is 17.0. The molecule has 0 saturated carbocycles. The highest BCUT2D eigenvalue weighted by Gasteiger charge is 2.43. The summed E-state index contributed by atoms with van der Waals surface area (Å²) in [4.78, 5) is 0. The summed E-state index contributed by atoms with van der Waals surface area (Å²) in [6.45, 7) is 0. The quantitative estimate of drug-likeness (QED) is 0.282. The van der Waals surface area contributed by atoms with Gasteiger partial charge in [0.05, 0.1) is 27.7 Å². The highest BCUT2D eigenvalue weighted by atomic mass is 31.2. The van der Waals surface area contributed by atoms with Gasteiger partial charge in [0.15, 0.2) is 0 Å². The van der Waals surface area contributed by atoms with Gasteiger partial charge in [-0.2, -0.15) is 0 Å². The van der Waals surface area contributed by atoms with Gasteiger partial charge in [-0.25, -0.2) is 0 Å². The molecule has 3 heterocycles. The summed E-state index contributed by atoms with van der Waals surface area (Å²) < 4.78 is 19.5. The third kappa shape index (κ3) is 1.84. The van der Waals surface area contributed by atoms with Gasteiger partial charge in [0.1, 0.15) is 0 Å². The largest absolute Gasteiger partial charge is 0.302 e. The van der Waals surface area contributed by atoms with Crippen molar-refractivity contribution in [3.8, 4) is 11.4 Å². The summed E-state index contributed by atoms with van der Waals surface area (Å²) in [7, 11) is -3.21. The first-order valence-electron chi connectivity index (χ1n) is 10.1. The van der Waals surface area contributed by atoms with Crippen molar-refractivity contribution in [2.75, 3.05) is 0 Å². The van der Waals surface area contributed by atoms with Crippen LogP contribution >= 0.6 is 7.44 Å². The van der Waals surface area contributed by atoms with Gasteiger partial charge in [0, 0.05) is 10.8 Å². The number of para-hydroxylation sites is 2. The Kier molecular flexibility index (Phi) is 3.00. The van der Waals surface area contributed by atoms with Gasteiger partial charge in [0.2, 0.25) is 0 Å². The minimum Gasteiger partial charge on any atom is -0.269 e. The van der Waals surface area contributed by atoms with Gasteiger partial charge in [-0.1, -0.05) is 72.8 Å². The molecule has 0 amide bonds. The monoisotopic (exact) mass is 404 g/mol. The van der Waals surface area contributed by atoms with E-state index in [2.05, 4.69) is 63.3 Å². The van der Waals surface area contributed by atoms with Crippen molar-refractivity contribution in [3.05, 3.63) is 103 Å². The van der Waals surface area contributed by atoms with Crippen LogP contribution in [0.25, 0.3) is 44.0 Å². The normalized spacial score (nSPS) is 14.4. The fraction of sp³-hybridized carbons (Fsp3) is 0. The second kappa shape index (κ2) is 5.53. The molecule has 0 spiro atoms. The fourth-order valence-corrected chi connectivity index (χ4v) is 8.26. The van der Waals surface area contributed by atoms with Crippen molar-refractivity contribution in [2.24, 2.45) is 0 Å². The maximum atomic E-state index is 15.3. The summed E-state index contributed by atoms with van der Waals surface area (Å²) >= 11 is 0. The van der Waals surface area contributed by atoms with Crippen molar-refractivity contribution in [3.63, 3.8) is 0 Å². The van der Waals surface area contributed by atoms with E-state index >= 15 is 4.57 Å². The number of rotatable bonds is 1. The average Bonchev–Trinajstić information content (AvgIpc) is 3.43. The molecule has 1 aliphatic heterocycles. The summed E-state index contributed by atoms with van der Waals surface area (Å²) in [5, 5.41) is 5.25. The summed E-state index contributed by atoms with van der Waals surface area (Å²) in [6, 6.07) is 35.2. The molecule has 0 fully saturated rings. The van der Waals surface area contributed by atoms with E-state index in [1.165, 1.54) is 0 Å². The van der Waals surface area contributed by atoms with Crippen LogP contribution in [0.3, 0.4) is 0 Å².